The lowest BCUT2D eigenvalue weighted by atomic mass is 10.1. The molecule has 1 atom stereocenters. The lowest BCUT2D eigenvalue weighted by molar-refractivity contribution is -0.121. The molecule has 6 heteroatoms. The molecule has 0 aromatic heterocycles. The lowest BCUT2D eigenvalue weighted by Crippen LogP contribution is -2.44. The highest BCUT2D eigenvalue weighted by Crippen LogP contribution is 2.12. The Bertz CT molecular complexity index is 677. The predicted octanol–water partition coefficient (Wildman–Crippen LogP) is 2.66. The minimum atomic E-state index is -0.863. The molecule has 2 rings (SSSR count). The van der Waals surface area contributed by atoms with Crippen molar-refractivity contribution < 1.29 is 14.3 Å². The van der Waals surface area contributed by atoms with Gasteiger partial charge in [-0.2, -0.15) is 0 Å². The molecular weight excluding hydrogens is 316 g/mol. The van der Waals surface area contributed by atoms with Crippen molar-refractivity contribution in [3.05, 3.63) is 70.7 Å². The van der Waals surface area contributed by atoms with Gasteiger partial charge < -0.3 is 10.5 Å². The molecule has 120 valence electrons. The van der Waals surface area contributed by atoms with Crippen LogP contribution in [0.3, 0.4) is 0 Å². The first-order valence-corrected chi connectivity index (χ1v) is 7.44. The molecule has 0 aliphatic carbocycles. The summed E-state index contributed by atoms with van der Waals surface area (Å²) in [5.41, 5.74) is 7.44. The highest BCUT2D eigenvalue weighted by Gasteiger charge is 2.17. The van der Waals surface area contributed by atoms with Crippen molar-refractivity contribution in [3.63, 3.8) is 0 Å². The summed E-state index contributed by atoms with van der Waals surface area (Å²) >= 11 is 5.88. The molecule has 0 saturated carbocycles. The van der Waals surface area contributed by atoms with E-state index < -0.39 is 18.0 Å². The van der Waals surface area contributed by atoms with Gasteiger partial charge in [-0.25, -0.2) is 4.79 Å². The third-order valence-corrected chi connectivity index (χ3v) is 3.35. The maximum Gasteiger partial charge on any atom is 0.414 e. The molecule has 3 N–H and O–H groups in total. The normalized spacial score (nSPS) is 11.6. The molecule has 0 radical (unpaired) electrons. The van der Waals surface area contributed by atoms with Gasteiger partial charge >= 0.3 is 6.09 Å². The topological polar surface area (TPSA) is 81.4 Å². The molecule has 2 amide bonds. The Morgan fingerprint density at radius 3 is 2.48 bits per heavy atom. The Morgan fingerprint density at radius 2 is 1.78 bits per heavy atom. The molecule has 5 nitrogen and oxygen atoms in total. The fraction of sp³-hybridized carbons (Fsp3) is 0.176. The largest absolute Gasteiger partial charge is 0.444 e. The quantitative estimate of drug-likeness (QED) is 0.882. The summed E-state index contributed by atoms with van der Waals surface area (Å²) in [6, 6.07) is 15.4. The van der Waals surface area contributed by atoms with Crippen LogP contribution < -0.4 is 11.1 Å². The molecule has 2 aromatic carbocycles. The number of nitrogens with one attached hydrogen (secondary N) is 1. The Morgan fingerprint density at radius 1 is 1.09 bits per heavy atom. The van der Waals surface area contributed by atoms with E-state index in [0.29, 0.717) is 5.02 Å². The number of halogens is 1. The van der Waals surface area contributed by atoms with Crippen molar-refractivity contribution in [1.29, 1.82) is 0 Å². The van der Waals surface area contributed by atoms with Crippen LogP contribution >= 0.6 is 11.6 Å². The van der Waals surface area contributed by atoms with Crippen LogP contribution in [0.4, 0.5) is 4.79 Å². The molecule has 0 aliphatic rings. The first-order chi connectivity index (χ1) is 11.0. The summed E-state index contributed by atoms with van der Waals surface area (Å²) in [7, 11) is 0. The van der Waals surface area contributed by atoms with Gasteiger partial charge in [0.25, 0.3) is 0 Å². The van der Waals surface area contributed by atoms with E-state index in [0.717, 1.165) is 11.1 Å². The summed E-state index contributed by atoms with van der Waals surface area (Å²) in [6.07, 6.45) is -0.543. The van der Waals surface area contributed by atoms with E-state index in [9.17, 15) is 9.59 Å². The number of hydrogen-bond donors (Lipinski definition) is 2. The zero-order chi connectivity index (χ0) is 16.7. The Labute approximate surface area is 139 Å². The molecule has 0 heterocycles. The molecule has 0 bridgehead atoms. The number of hydrogen-bond acceptors (Lipinski definition) is 4. The van der Waals surface area contributed by atoms with E-state index in [4.69, 9.17) is 22.1 Å². The first kappa shape index (κ1) is 17.0. The van der Waals surface area contributed by atoms with Crippen LogP contribution in [0, 0.1) is 0 Å². The van der Waals surface area contributed by atoms with Crippen molar-refractivity contribution in [3.8, 4) is 0 Å². The second-order valence-electron chi connectivity index (χ2n) is 4.99. The van der Waals surface area contributed by atoms with Gasteiger partial charge in [-0.15, -0.1) is 0 Å². The zero-order valence-corrected chi connectivity index (χ0v) is 13.1. The average molecular weight is 333 g/mol. The van der Waals surface area contributed by atoms with Gasteiger partial charge in [0.1, 0.15) is 6.61 Å². The maximum atomic E-state index is 11.9. The fourth-order valence-corrected chi connectivity index (χ4v) is 2.18. The zero-order valence-electron chi connectivity index (χ0n) is 12.4. The fourth-order valence-electron chi connectivity index (χ4n) is 1.96. The van der Waals surface area contributed by atoms with Crippen molar-refractivity contribution in [1.82, 2.24) is 5.32 Å². The summed E-state index contributed by atoms with van der Waals surface area (Å²) in [5.74, 6) is -0.594. The highest BCUT2D eigenvalue weighted by molar-refractivity contribution is 6.30. The number of nitrogens with two attached hydrogens (primary N) is 1. The minimum Gasteiger partial charge on any atom is -0.444 e. The molecule has 0 unspecified atom stereocenters. The van der Waals surface area contributed by atoms with E-state index in [1.807, 2.05) is 36.4 Å². The monoisotopic (exact) mass is 332 g/mol. The molecule has 23 heavy (non-hydrogen) atoms. The van der Waals surface area contributed by atoms with Crippen molar-refractivity contribution in [2.75, 3.05) is 0 Å². The summed E-state index contributed by atoms with van der Waals surface area (Å²) in [4.78, 5) is 23.5. The van der Waals surface area contributed by atoms with E-state index >= 15 is 0 Å². The number of rotatable bonds is 5. The van der Waals surface area contributed by atoms with E-state index in [2.05, 4.69) is 5.32 Å². The smallest absolute Gasteiger partial charge is 0.414 e. The molecule has 0 spiro atoms. The minimum absolute atomic E-state index is 0.0868. The van der Waals surface area contributed by atoms with Crippen molar-refractivity contribution in [2.45, 2.75) is 19.1 Å². The van der Waals surface area contributed by atoms with Gasteiger partial charge in [-0.05, 0) is 29.7 Å². The summed E-state index contributed by atoms with van der Waals surface area (Å²) in [5, 5.41) is 2.69. The van der Waals surface area contributed by atoms with Crippen molar-refractivity contribution >= 4 is 23.6 Å². The van der Waals surface area contributed by atoms with Crippen LogP contribution in [-0.2, 0) is 22.6 Å². The SMILES string of the molecule is N[C@@H](Cc1cccc(Cl)c1)C(=O)NC(=O)OCc1ccccc1. The molecular formula is C17H17ClN2O3. The molecule has 0 saturated heterocycles. The first-order valence-electron chi connectivity index (χ1n) is 7.06. The number of carbonyl (C=O) groups excluding carboxylic acids is 2. The Hall–Kier alpha value is -2.37. The number of amides is 2. The predicted molar refractivity (Wildman–Crippen MR) is 87.9 cm³/mol. The van der Waals surface area contributed by atoms with Gasteiger partial charge in [-0.1, -0.05) is 54.1 Å². The standard InChI is InChI=1S/C17H17ClN2O3/c18-14-8-4-7-13(9-14)10-15(19)16(21)20-17(22)23-11-12-5-2-1-3-6-12/h1-9,15H,10-11,19H2,(H,20,21,22)/t15-/m0/s1. The second-order valence-corrected chi connectivity index (χ2v) is 5.43. The Kier molecular flexibility index (Phi) is 6.14. The van der Waals surface area contributed by atoms with Crippen LogP contribution in [0.5, 0.6) is 0 Å². The van der Waals surface area contributed by atoms with Gasteiger partial charge in [-0.3, -0.25) is 10.1 Å². The van der Waals surface area contributed by atoms with Crippen LogP contribution in [-0.4, -0.2) is 18.0 Å². The summed E-state index contributed by atoms with van der Waals surface area (Å²) in [6.45, 7) is 0.0868. The van der Waals surface area contributed by atoms with E-state index in [1.54, 1.807) is 18.2 Å². The number of benzene rings is 2. The molecule has 0 aliphatic heterocycles. The van der Waals surface area contributed by atoms with E-state index in [1.165, 1.54) is 0 Å². The van der Waals surface area contributed by atoms with Crippen LogP contribution in [0.15, 0.2) is 54.6 Å². The number of carbonyl (C=O) groups is 2. The average Bonchev–Trinajstić information content (AvgIpc) is 2.54. The number of alkyl carbamates (subject to hydrolysis) is 1. The highest BCUT2D eigenvalue weighted by atomic mass is 35.5. The molecule has 0 fully saturated rings. The molecule has 2 aromatic rings. The van der Waals surface area contributed by atoms with Crippen LogP contribution in [0.1, 0.15) is 11.1 Å². The number of ether oxygens (including phenoxy) is 1. The van der Waals surface area contributed by atoms with Gasteiger partial charge in [0.15, 0.2) is 0 Å². The third-order valence-electron chi connectivity index (χ3n) is 3.12. The second kappa shape index (κ2) is 8.31. The van der Waals surface area contributed by atoms with Crippen molar-refractivity contribution in [2.24, 2.45) is 5.73 Å². The lowest BCUT2D eigenvalue weighted by Gasteiger charge is -2.12. The van der Waals surface area contributed by atoms with E-state index in [-0.39, 0.29) is 13.0 Å². The Balaban J connectivity index is 1.79. The van der Waals surface area contributed by atoms with Gasteiger partial charge in [0.2, 0.25) is 5.91 Å². The van der Waals surface area contributed by atoms with Gasteiger partial charge in [0, 0.05) is 5.02 Å². The van der Waals surface area contributed by atoms with Gasteiger partial charge in [0.05, 0.1) is 6.04 Å². The maximum absolute atomic E-state index is 11.9. The summed E-state index contributed by atoms with van der Waals surface area (Å²) < 4.78 is 4.97. The third kappa shape index (κ3) is 5.73. The van der Waals surface area contributed by atoms with Crippen LogP contribution in [0.2, 0.25) is 5.02 Å². The van der Waals surface area contributed by atoms with Crippen LogP contribution in [0.25, 0.3) is 0 Å². The number of imide groups is 1.